The number of benzene rings is 2. The van der Waals surface area contributed by atoms with Gasteiger partial charge >= 0.3 is 0 Å². The first-order chi connectivity index (χ1) is 14.0. The van der Waals surface area contributed by atoms with E-state index in [1.54, 1.807) is 6.07 Å². The summed E-state index contributed by atoms with van der Waals surface area (Å²) in [5.41, 5.74) is 3.90. The molecule has 2 amide bonds. The third-order valence-electron chi connectivity index (χ3n) is 5.50. The SMILES string of the molecule is CC[C@H](C)NC(=O)c1cc(NC(=O)c2ccc(C)cc2)ccc1N1CCCCC1. The van der Waals surface area contributed by atoms with Crippen LogP contribution in [-0.2, 0) is 0 Å². The summed E-state index contributed by atoms with van der Waals surface area (Å²) in [4.78, 5) is 27.8. The van der Waals surface area contributed by atoms with Crippen LogP contribution in [-0.4, -0.2) is 30.9 Å². The molecule has 1 atom stereocenters. The molecule has 0 aromatic heterocycles. The quantitative estimate of drug-likeness (QED) is 0.743. The number of hydrogen-bond donors (Lipinski definition) is 2. The molecule has 0 spiro atoms. The molecule has 29 heavy (non-hydrogen) atoms. The van der Waals surface area contributed by atoms with Crippen molar-refractivity contribution < 1.29 is 9.59 Å². The molecule has 2 aromatic rings. The molecule has 0 aliphatic carbocycles. The Morgan fingerprint density at radius 3 is 2.34 bits per heavy atom. The fourth-order valence-corrected chi connectivity index (χ4v) is 3.52. The highest BCUT2D eigenvalue weighted by Crippen LogP contribution is 2.27. The number of nitrogens with one attached hydrogen (secondary N) is 2. The molecule has 0 radical (unpaired) electrons. The summed E-state index contributed by atoms with van der Waals surface area (Å²) >= 11 is 0. The first-order valence-corrected chi connectivity index (χ1v) is 10.6. The van der Waals surface area contributed by atoms with Gasteiger partial charge in [0.25, 0.3) is 11.8 Å². The van der Waals surface area contributed by atoms with Gasteiger partial charge in [0.05, 0.1) is 5.56 Å². The molecule has 2 N–H and O–H groups in total. The van der Waals surface area contributed by atoms with Crippen molar-refractivity contribution in [1.82, 2.24) is 5.32 Å². The van der Waals surface area contributed by atoms with Crippen molar-refractivity contribution in [2.75, 3.05) is 23.3 Å². The predicted molar refractivity (Wildman–Crippen MR) is 119 cm³/mol. The van der Waals surface area contributed by atoms with Crippen LogP contribution in [0.25, 0.3) is 0 Å². The molecule has 5 nitrogen and oxygen atoms in total. The maximum absolute atomic E-state index is 13.0. The highest BCUT2D eigenvalue weighted by molar-refractivity contribution is 6.06. The number of rotatable bonds is 6. The fourth-order valence-electron chi connectivity index (χ4n) is 3.52. The van der Waals surface area contributed by atoms with Crippen LogP contribution >= 0.6 is 0 Å². The second-order valence-electron chi connectivity index (χ2n) is 7.88. The molecule has 0 unspecified atom stereocenters. The van der Waals surface area contributed by atoms with Crippen LogP contribution in [0, 0.1) is 6.92 Å². The Morgan fingerprint density at radius 1 is 1.00 bits per heavy atom. The van der Waals surface area contributed by atoms with Crippen molar-refractivity contribution in [1.29, 1.82) is 0 Å². The molecule has 0 bridgehead atoms. The summed E-state index contributed by atoms with van der Waals surface area (Å²) in [6.07, 6.45) is 4.38. The third kappa shape index (κ3) is 5.37. The highest BCUT2D eigenvalue weighted by Gasteiger charge is 2.20. The molecule has 2 aromatic carbocycles. The topological polar surface area (TPSA) is 61.4 Å². The van der Waals surface area contributed by atoms with Gasteiger partial charge in [0.1, 0.15) is 0 Å². The molecular weight excluding hydrogens is 362 g/mol. The van der Waals surface area contributed by atoms with Crippen molar-refractivity contribution in [3.05, 3.63) is 59.2 Å². The van der Waals surface area contributed by atoms with E-state index >= 15 is 0 Å². The lowest BCUT2D eigenvalue weighted by atomic mass is 10.0. The van der Waals surface area contributed by atoms with Gasteiger partial charge in [0.2, 0.25) is 0 Å². The molecule has 1 heterocycles. The lowest BCUT2D eigenvalue weighted by Gasteiger charge is -2.31. The van der Waals surface area contributed by atoms with Crippen molar-refractivity contribution in [3.8, 4) is 0 Å². The number of nitrogens with zero attached hydrogens (tertiary/aromatic N) is 1. The molecule has 1 fully saturated rings. The summed E-state index contributed by atoms with van der Waals surface area (Å²) in [7, 11) is 0. The van der Waals surface area contributed by atoms with Crippen molar-refractivity contribution in [2.24, 2.45) is 0 Å². The summed E-state index contributed by atoms with van der Waals surface area (Å²) in [5.74, 6) is -0.268. The van der Waals surface area contributed by atoms with Gasteiger partial charge in [0.15, 0.2) is 0 Å². The Bertz CT molecular complexity index is 855. The lowest BCUT2D eigenvalue weighted by molar-refractivity contribution is 0.0938. The van der Waals surface area contributed by atoms with Crippen LogP contribution in [0.2, 0.25) is 0 Å². The number of piperidine rings is 1. The molecular formula is C24H31N3O2. The van der Waals surface area contributed by atoms with E-state index in [1.807, 2.05) is 50.2 Å². The van der Waals surface area contributed by atoms with Crippen molar-refractivity contribution in [3.63, 3.8) is 0 Å². The second kappa shape index (κ2) is 9.59. The first kappa shape index (κ1) is 20.9. The van der Waals surface area contributed by atoms with Gasteiger partial charge in [-0.15, -0.1) is 0 Å². The van der Waals surface area contributed by atoms with Crippen molar-refractivity contribution in [2.45, 2.75) is 52.5 Å². The Kier molecular flexibility index (Phi) is 6.91. The van der Waals surface area contributed by atoms with Gasteiger partial charge < -0.3 is 15.5 Å². The van der Waals surface area contributed by atoms with E-state index in [2.05, 4.69) is 22.5 Å². The Hall–Kier alpha value is -2.82. The summed E-state index contributed by atoms with van der Waals surface area (Å²) < 4.78 is 0. The van der Waals surface area contributed by atoms with Crippen LogP contribution in [0.15, 0.2) is 42.5 Å². The van der Waals surface area contributed by atoms with E-state index in [-0.39, 0.29) is 17.9 Å². The lowest BCUT2D eigenvalue weighted by Crippen LogP contribution is -2.35. The number of aryl methyl sites for hydroxylation is 1. The fraction of sp³-hybridized carbons (Fsp3) is 0.417. The molecule has 5 heteroatoms. The van der Waals surface area contributed by atoms with Crippen molar-refractivity contribution >= 4 is 23.2 Å². The number of amides is 2. The van der Waals surface area contributed by atoms with E-state index in [1.165, 1.54) is 6.42 Å². The maximum Gasteiger partial charge on any atom is 0.255 e. The van der Waals surface area contributed by atoms with E-state index in [4.69, 9.17) is 0 Å². The van der Waals surface area contributed by atoms with Crippen LogP contribution in [0.3, 0.4) is 0 Å². The van der Waals surface area contributed by atoms with Gasteiger partial charge in [-0.2, -0.15) is 0 Å². The Balaban J connectivity index is 1.86. The van der Waals surface area contributed by atoms with Gasteiger partial charge in [-0.3, -0.25) is 9.59 Å². The predicted octanol–water partition coefficient (Wildman–Crippen LogP) is 4.77. The third-order valence-corrected chi connectivity index (χ3v) is 5.50. The number of carbonyl (C=O) groups excluding carboxylic acids is 2. The molecule has 0 saturated carbocycles. The number of carbonyl (C=O) groups is 2. The molecule has 154 valence electrons. The average Bonchev–Trinajstić information content (AvgIpc) is 2.74. The first-order valence-electron chi connectivity index (χ1n) is 10.6. The number of hydrogen-bond acceptors (Lipinski definition) is 3. The van der Waals surface area contributed by atoms with E-state index in [0.717, 1.165) is 43.6 Å². The summed E-state index contributed by atoms with van der Waals surface area (Å²) in [6, 6.07) is 13.2. The van der Waals surface area contributed by atoms with E-state index < -0.39 is 0 Å². The molecule has 1 aliphatic rings. The molecule has 1 aliphatic heterocycles. The van der Waals surface area contributed by atoms with Crippen LogP contribution < -0.4 is 15.5 Å². The van der Waals surface area contributed by atoms with Crippen LogP contribution in [0.1, 0.15) is 65.8 Å². The average molecular weight is 394 g/mol. The van der Waals surface area contributed by atoms with E-state index in [9.17, 15) is 9.59 Å². The van der Waals surface area contributed by atoms with E-state index in [0.29, 0.717) is 16.8 Å². The van der Waals surface area contributed by atoms with Crippen LogP contribution in [0.4, 0.5) is 11.4 Å². The monoisotopic (exact) mass is 393 g/mol. The minimum absolute atomic E-state index is 0.0913. The van der Waals surface area contributed by atoms with Gasteiger partial charge in [0, 0.05) is 36.1 Å². The Labute approximate surface area is 173 Å². The molecule has 1 saturated heterocycles. The minimum atomic E-state index is -0.177. The molecule has 3 rings (SSSR count). The maximum atomic E-state index is 13.0. The smallest absolute Gasteiger partial charge is 0.255 e. The minimum Gasteiger partial charge on any atom is -0.371 e. The highest BCUT2D eigenvalue weighted by atomic mass is 16.2. The summed E-state index contributed by atoms with van der Waals surface area (Å²) in [5, 5.41) is 6.00. The van der Waals surface area contributed by atoms with Gasteiger partial charge in [-0.05, 0) is 69.9 Å². The zero-order valence-corrected chi connectivity index (χ0v) is 17.6. The largest absolute Gasteiger partial charge is 0.371 e. The normalized spacial score (nSPS) is 14.9. The number of anilines is 2. The zero-order chi connectivity index (χ0) is 20.8. The summed E-state index contributed by atoms with van der Waals surface area (Å²) in [6.45, 7) is 7.96. The zero-order valence-electron chi connectivity index (χ0n) is 17.6. The second-order valence-corrected chi connectivity index (χ2v) is 7.88. The van der Waals surface area contributed by atoms with Gasteiger partial charge in [-0.25, -0.2) is 0 Å². The van der Waals surface area contributed by atoms with Crippen LogP contribution in [0.5, 0.6) is 0 Å². The standard InChI is InChI=1S/C24H31N3O2/c1-4-18(3)25-24(29)21-16-20(12-13-22(21)27-14-6-5-7-15-27)26-23(28)19-10-8-17(2)9-11-19/h8-13,16,18H,4-7,14-15H2,1-3H3,(H,25,29)(H,26,28)/t18-/m0/s1. The van der Waals surface area contributed by atoms with Gasteiger partial charge in [-0.1, -0.05) is 24.6 Å². The Morgan fingerprint density at radius 2 is 1.69 bits per heavy atom.